The average Bonchev–Trinajstić information content (AvgIpc) is 3.31. The van der Waals surface area contributed by atoms with E-state index in [2.05, 4.69) is 20.8 Å². The minimum absolute atomic E-state index is 0.132. The van der Waals surface area contributed by atoms with Gasteiger partial charge in [0.1, 0.15) is 5.75 Å². The molecule has 4 rings (SSSR count). The normalized spacial score (nSPS) is 10.6. The van der Waals surface area contributed by atoms with Crippen molar-refractivity contribution < 1.29 is 14.3 Å². The number of hydrogen-bond acceptors (Lipinski definition) is 6. The van der Waals surface area contributed by atoms with Gasteiger partial charge in [0, 0.05) is 24.0 Å². The first-order valence-electron chi connectivity index (χ1n) is 10.9. The highest BCUT2D eigenvalue weighted by Crippen LogP contribution is 2.33. The number of nitrogens with one attached hydrogen (secondary N) is 2. The summed E-state index contributed by atoms with van der Waals surface area (Å²) in [5, 5.41) is 14.8. The summed E-state index contributed by atoms with van der Waals surface area (Å²) in [6, 6.07) is 22.4. The van der Waals surface area contributed by atoms with E-state index < -0.39 is 0 Å². The summed E-state index contributed by atoms with van der Waals surface area (Å²) in [7, 11) is 3.19. The molecule has 35 heavy (non-hydrogen) atoms. The van der Waals surface area contributed by atoms with Crippen molar-refractivity contribution >= 4 is 29.3 Å². The molecule has 3 aromatic carbocycles. The number of aryl methyl sites for hydroxylation is 1. The Hall–Kier alpha value is -4.11. The van der Waals surface area contributed by atoms with Gasteiger partial charge in [-0.15, -0.1) is 10.2 Å². The summed E-state index contributed by atoms with van der Waals surface area (Å²) in [5.41, 5.74) is 3.95. The summed E-state index contributed by atoms with van der Waals surface area (Å²) in [5.74, 6) is 1.06. The molecular formula is C26H25N5O3S. The van der Waals surface area contributed by atoms with Crippen LogP contribution in [-0.4, -0.2) is 46.5 Å². The van der Waals surface area contributed by atoms with E-state index in [4.69, 9.17) is 4.74 Å². The fraction of sp³-hybridized carbons (Fsp3) is 0.154. The monoisotopic (exact) mass is 487 g/mol. The van der Waals surface area contributed by atoms with Crippen LogP contribution in [-0.2, 0) is 4.79 Å². The molecule has 4 aromatic rings. The van der Waals surface area contributed by atoms with Crippen LogP contribution >= 0.6 is 11.8 Å². The molecule has 0 aliphatic rings. The van der Waals surface area contributed by atoms with Crippen LogP contribution in [0.1, 0.15) is 15.9 Å². The Labute approximate surface area is 207 Å². The van der Waals surface area contributed by atoms with E-state index in [1.54, 1.807) is 38.4 Å². The van der Waals surface area contributed by atoms with Gasteiger partial charge in [-0.25, -0.2) is 0 Å². The van der Waals surface area contributed by atoms with Crippen molar-refractivity contribution in [1.29, 1.82) is 0 Å². The number of carbonyl (C=O) groups excluding carboxylic acids is 2. The molecule has 0 saturated carbocycles. The molecule has 8 nitrogen and oxygen atoms in total. The molecule has 0 spiro atoms. The molecule has 0 aliphatic carbocycles. The van der Waals surface area contributed by atoms with E-state index >= 15 is 0 Å². The van der Waals surface area contributed by atoms with Gasteiger partial charge >= 0.3 is 0 Å². The minimum atomic E-state index is -0.194. The van der Waals surface area contributed by atoms with Crippen LogP contribution < -0.4 is 15.4 Å². The van der Waals surface area contributed by atoms with Gasteiger partial charge < -0.3 is 15.4 Å². The third-order valence-corrected chi connectivity index (χ3v) is 6.19. The Kier molecular flexibility index (Phi) is 7.47. The summed E-state index contributed by atoms with van der Waals surface area (Å²) >= 11 is 1.29. The predicted octanol–water partition coefficient (Wildman–Crippen LogP) is 4.34. The molecule has 0 unspecified atom stereocenters. The number of benzene rings is 3. The van der Waals surface area contributed by atoms with Crippen LogP contribution in [0, 0.1) is 6.92 Å². The maximum absolute atomic E-state index is 12.6. The van der Waals surface area contributed by atoms with Gasteiger partial charge in [-0.1, -0.05) is 41.6 Å². The lowest BCUT2D eigenvalue weighted by Gasteiger charge is -2.13. The number of carbonyl (C=O) groups is 2. The van der Waals surface area contributed by atoms with Gasteiger partial charge in [-0.05, 0) is 55.5 Å². The molecule has 2 amide bonds. The average molecular weight is 488 g/mol. The van der Waals surface area contributed by atoms with E-state index in [1.807, 2.05) is 60.0 Å². The number of ether oxygens (including phenoxy) is 1. The van der Waals surface area contributed by atoms with E-state index in [0.717, 1.165) is 16.8 Å². The number of amides is 2. The van der Waals surface area contributed by atoms with Crippen molar-refractivity contribution in [3.63, 3.8) is 0 Å². The fourth-order valence-electron chi connectivity index (χ4n) is 3.47. The molecule has 2 N–H and O–H groups in total. The molecular weight excluding hydrogens is 462 g/mol. The van der Waals surface area contributed by atoms with E-state index in [-0.39, 0.29) is 17.6 Å². The topological polar surface area (TPSA) is 98.1 Å². The molecule has 1 heterocycles. The molecule has 0 bridgehead atoms. The first-order valence-corrected chi connectivity index (χ1v) is 11.9. The Balaban J connectivity index is 1.56. The van der Waals surface area contributed by atoms with Gasteiger partial charge in [0.25, 0.3) is 5.91 Å². The lowest BCUT2D eigenvalue weighted by Crippen LogP contribution is -2.18. The van der Waals surface area contributed by atoms with E-state index in [0.29, 0.717) is 28.0 Å². The zero-order chi connectivity index (χ0) is 24.8. The summed E-state index contributed by atoms with van der Waals surface area (Å²) in [4.78, 5) is 24.3. The summed E-state index contributed by atoms with van der Waals surface area (Å²) in [6.45, 7) is 2.03. The van der Waals surface area contributed by atoms with Crippen molar-refractivity contribution in [3.8, 4) is 22.8 Å². The van der Waals surface area contributed by atoms with Crippen molar-refractivity contribution in [3.05, 3.63) is 83.9 Å². The largest absolute Gasteiger partial charge is 0.496 e. The molecule has 0 aliphatic heterocycles. The second-order valence-corrected chi connectivity index (χ2v) is 8.61. The van der Waals surface area contributed by atoms with Crippen LogP contribution in [0.4, 0.5) is 5.69 Å². The van der Waals surface area contributed by atoms with Crippen molar-refractivity contribution in [2.24, 2.45) is 0 Å². The van der Waals surface area contributed by atoms with Crippen LogP contribution in [0.3, 0.4) is 0 Å². The van der Waals surface area contributed by atoms with Crippen molar-refractivity contribution in [2.75, 3.05) is 25.2 Å². The number of thioether (sulfide) groups is 1. The Bertz CT molecular complexity index is 1330. The van der Waals surface area contributed by atoms with Gasteiger partial charge in [-0.3, -0.25) is 14.2 Å². The van der Waals surface area contributed by atoms with E-state index in [1.165, 1.54) is 11.8 Å². The number of aromatic nitrogens is 3. The molecule has 1 aromatic heterocycles. The third kappa shape index (κ3) is 5.52. The zero-order valence-electron chi connectivity index (χ0n) is 19.6. The number of hydrogen-bond donors (Lipinski definition) is 2. The zero-order valence-corrected chi connectivity index (χ0v) is 20.4. The maximum atomic E-state index is 12.6. The number of anilines is 1. The van der Waals surface area contributed by atoms with Crippen molar-refractivity contribution in [2.45, 2.75) is 12.1 Å². The highest BCUT2D eigenvalue weighted by atomic mass is 32.2. The molecule has 9 heteroatoms. The Morgan fingerprint density at radius 1 is 0.971 bits per heavy atom. The highest BCUT2D eigenvalue weighted by molar-refractivity contribution is 7.99. The standard InChI is InChI=1S/C26H25N5O3S/c1-17-8-14-20(15-9-17)31-24(21-6-4-5-7-22(21)34-3)29-30-26(31)35-16-23(32)28-19-12-10-18(11-13-19)25(33)27-2/h4-15H,16H2,1-3H3,(H,27,33)(H,28,32). The molecule has 0 fully saturated rings. The number of rotatable bonds is 8. The number of para-hydroxylation sites is 1. The third-order valence-electron chi connectivity index (χ3n) is 5.26. The fourth-order valence-corrected chi connectivity index (χ4v) is 4.22. The van der Waals surface area contributed by atoms with Crippen molar-refractivity contribution in [1.82, 2.24) is 20.1 Å². The Morgan fingerprint density at radius 3 is 2.37 bits per heavy atom. The number of nitrogens with zero attached hydrogens (tertiary/aromatic N) is 3. The maximum Gasteiger partial charge on any atom is 0.251 e. The Morgan fingerprint density at radius 2 is 1.69 bits per heavy atom. The van der Waals surface area contributed by atoms with E-state index in [9.17, 15) is 9.59 Å². The predicted molar refractivity (Wildman–Crippen MR) is 137 cm³/mol. The molecule has 0 radical (unpaired) electrons. The lowest BCUT2D eigenvalue weighted by molar-refractivity contribution is -0.113. The highest BCUT2D eigenvalue weighted by Gasteiger charge is 2.20. The van der Waals surface area contributed by atoms with Crippen LogP contribution in [0.25, 0.3) is 17.1 Å². The van der Waals surface area contributed by atoms with Gasteiger partial charge in [0.05, 0.1) is 18.4 Å². The van der Waals surface area contributed by atoms with Crippen LogP contribution in [0.2, 0.25) is 0 Å². The molecule has 0 saturated heterocycles. The smallest absolute Gasteiger partial charge is 0.251 e. The molecule has 0 atom stereocenters. The minimum Gasteiger partial charge on any atom is -0.496 e. The lowest BCUT2D eigenvalue weighted by atomic mass is 10.1. The van der Waals surface area contributed by atoms with Gasteiger partial charge in [0.2, 0.25) is 5.91 Å². The quantitative estimate of drug-likeness (QED) is 0.359. The molecule has 178 valence electrons. The second-order valence-electron chi connectivity index (χ2n) is 7.67. The van der Waals surface area contributed by atoms with Crippen LogP contribution in [0.5, 0.6) is 5.75 Å². The second kappa shape index (κ2) is 10.9. The number of methoxy groups -OCH3 is 1. The summed E-state index contributed by atoms with van der Waals surface area (Å²) in [6.07, 6.45) is 0. The SMILES string of the molecule is CNC(=O)c1ccc(NC(=O)CSc2nnc(-c3ccccc3OC)n2-c2ccc(C)cc2)cc1. The van der Waals surface area contributed by atoms with Crippen LogP contribution in [0.15, 0.2) is 78.0 Å². The first kappa shape index (κ1) is 24.0. The summed E-state index contributed by atoms with van der Waals surface area (Å²) < 4.78 is 7.46. The first-order chi connectivity index (χ1) is 17.0. The van der Waals surface area contributed by atoms with Gasteiger partial charge in [-0.2, -0.15) is 0 Å². The van der Waals surface area contributed by atoms with Gasteiger partial charge in [0.15, 0.2) is 11.0 Å².